The molecule has 0 unspecified atom stereocenters. The third kappa shape index (κ3) is 16.0. The molecule has 528 valence electrons. The summed E-state index contributed by atoms with van der Waals surface area (Å²) in [6, 6.07) is 118. The molecule has 3 nitrogen and oxygen atoms in total. The second-order valence-corrected chi connectivity index (χ2v) is 30.0. The molecule has 3 heteroatoms. The quantitative estimate of drug-likeness (QED) is 0.0747. The van der Waals surface area contributed by atoms with Gasteiger partial charge in [-0.25, -0.2) is 0 Å². The van der Waals surface area contributed by atoms with Gasteiger partial charge in [-0.05, 0) is 267 Å². The second-order valence-electron chi connectivity index (χ2n) is 30.0. The van der Waals surface area contributed by atoms with Gasteiger partial charge in [0.25, 0.3) is 0 Å². The summed E-state index contributed by atoms with van der Waals surface area (Å²) in [5, 5.41) is 0. The number of hydrogen-bond donors (Lipinski definition) is 0. The zero-order valence-corrected chi connectivity index (χ0v) is 61.9. The number of anilines is 9. The van der Waals surface area contributed by atoms with Crippen molar-refractivity contribution in [2.24, 2.45) is 5.92 Å². The normalized spacial score (nSPS) is 14.3. The summed E-state index contributed by atoms with van der Waals surface area (Å²) in [6.07, 6.45) is 39.2. The Morgan fingerprint density at radius 2 is 0.463 bits per heavy atom. The molecule has 0 radical (unpaired) electrons. The van der Waals surface area contributed by atoms with E-state index in [9.17, 15) is 0 Å². The topological polar surface area (TPSA) is 9.72 Å². The van der Waals surface area contributed by atoms with Gasteiger partial charge in [0.05, 0.1) is 0 Å². The molecule has 0 aliphatic heterocycles. The van der Waals surface area contributed by atoms with E-state index in [1.807, 2.05) is 0 Å². The van der Waals surface area contributed by atoms with Crippen LogP contribution in [0.5, 0.6) is 0 Å². The highest BCUT2D eigenvalue weighted by atomic mass is 15.2. The van der Waals surface area contributed by atoms with Gasteiger partial charge < -0.3 is 14.7 Å². The van der Waals surface area contributed by atoms with E-state index in [0.29, 0.717) is 0 Å². The molecule has 0 heterocycles. The standard InChI is InChI=1S/C105H93N3/c1-7-21-83(22-8-1)71-86-47-41-77(42-48-86)35-38-80-53-59-92(60-54-80)106(89-27-13-4-14-28-89)95-65-68-100-98-33-19-20-34-99(98)103-74-96(107(90-29-15-5-16-30-90)93-61-55-81(56-62-93)39-36-78-43-49-87(50-44-78)72-84-23-9-2-10-24-84)66-69-101(103)105-76-97(67-70-102(105)104(100)75-95)108(91-31-17-6-18-32-91)94-63-57-82(58-64-94)40-37-79-45-51-88(52-46-79)73-85-25-11-3-12-26-85/h4-6,13-20,27-70,72-76,83H,1-3,7-12,21-26,71H2/b38-35+,39-36+,40-37+,100-98?,103-99?,104-102?,105-101?. The first kappa shape index (κ1) is 69.0. The van der Waals surface area contributed by atoms with Crippen LogP contribution in [0.4, 0.5) is 51.2 Å². The average molecular weight is 1400 g/mol. The third-order valence-corrected chi connectivity index (χ3v) is 22.6. The SMILES string of the molecule is C(=C1CCCCC1)c1ccc(/C=C/c2ccc(N(c3ccccc3)c3ccc4c(c3)-c3ccccc3-c3ccc(N(c5ccccc5)c5ccc(/C=C/c6ccc(CC7CCCCC7)cc6)cc5)cc3-c3ccc(N(c5ccccc5)c5ccc(/C=C/c6ccc(C=C7CCCCC7)cc6)cc5)cc3-4)cc2)cc1. The van der Waals surface area contributed by atoms with Crippen molar-refractivity contribution in [3.63, 3.8) is 0 Å². The van der Waals surface area contributed by atoms with Gasteiger partial charge in [0, 0.05) is 51.2 Å². The van der Waals surface area contributed by atoms with Crippen LogP contribution in [-0.2, 0) is 6.42 Å². The number of benzene rings is 13. The van der Waals surface area contributed by atoms with E-state index in [2.05, 4.69) is 379 Å². The highest BCUT2D eigenvalue weighted by molar-refractivity contribution is 6.06. The number of para-hydroxylation sites is 3. The van der Waals surface area contributed by atoms with Crippen LogP contribution >= 0.6 is 0 Å². The number of rotatable bonds is 19. The van der Waals surface area contributed by atoms with E-state index in [1.165, 1.54) is 153 Å². The molecule has 13 aromatic carbocycles. The summed E-state index contributed by atoms with van der Waals surface area (Å²) >= 11 is 0. The van der Waals surface area contributed by atoms with Crippen molar-refractivity contribution in [3.8, 4) is 44.5 Å². The molecular weight excluding hydrogens is 1300 g/mol. The zero-order valence-electron chi connectivity index (χ0n) is 61.9. The van der Waals surface area contributed by atoms with Crippen LogP contribution in [0.3, 0.4) is 0 Å². The number of allylic oxidation sites excluding steroid dienone is 2. The maximum atomic E-state index is 2.45. The molecule has 4 aliphatic rings. The molecule has 0 atom stereocenters. The summed E-state index contributed by atoms with van der Waals surface area (Å²) in [6.45, 7) is 0. The van der Waals surface area contributed by atoms with Crippen molar-refractivity contribution >= 4 is 99.8 Å². The first-order chi connectivity index (χ1) is 53.5. The van der Waals surface area contributed by atoms with E-state index < -0.39 is 0 Å². The fraction of sp³-hybridized carbons (Fsp3) is 0.162. The summed E-state index contributed by atoms with van der Waals surface area (Å²) in [7, 11) is 0. The Hall–Kier alpha value is -12.0. The largest absolute Gasteiger partial charge is 0.310 e. The molecular formula is C105H93N3. The van der Waals surface area contributed by atoms with E-state index in [0.717, 1.165) is 102 Å². The molecule has 0 spiro atoms. The maximum Gasteiger partial charge on any atom is 0.0468 e. The average Bonchev–Trinajstić information content (AvgIpc) is 0.731. The number of hydrogen-bond acceptors (Lipinski definition) is 3. The Morgan fingerprint density at radius 3 is 0.806 bits per heavy atom. The van der Waals surface area contributed by atoms with Crippen LogP contribution in [0.25, 0.3) is 93.1 Å². The summed E-state index contributed by atoms with van der Waals surface area (Å²) < 4.78 is 0. The van der Waals surface area contributed by atoms with Crippen molar-refractivity contribution in [1.82, 2.24) is 0 Å². The second kappa shape index (κ2) is 32.8. The smallest absolute Gasteiger partial charge is 0.0468 e. The van der Waals surface area contributed by atoms with Crippen molar-refractivity contribution in [3.05, 3.63) is 377 Å². The minimum absolute atomic E-state index is 0.827. The molecule has 0 saturated heterocycles. The van der Waals surface area contributed by atoms with E-state index in [1.54, 1.807) is 11.1 Å². The van der Waals surface area contributed by atoms with Gasteiger partial charge in [0.1, 0.15) is 0 Å². The van der Waals surface area contributed by atoms with Crippen molar-refractivity contribution < 1.29 is 0 Å². The van der Waals surface area contributed by atoms with Gasteiger partial charge in [-0.1, -0.05) is 311 Å². The van der Waals surface area contributed by atoms with Gasteiger partial charge in [-0.15, -0.1) is 0 Å². The van der Waals surface area contributed by atoms with E-state index in [-0.39, 0.29) is 0 Å². The molecule has 0 aromatic heterocycles. The lowest BCUT2D eigenvalue weighted by atomic mass is 9.80. The molecule has 108 heavy (non-hydrogen) atoms. The van der Waals surface area contributed by atoms with E-state index in [4.69, 9.17) is 0 Å². The molecule has 3 fully saturated rings. The van der Waals surface area contributed by atoms with Crippen molar-refractivity contribution in [2.45, 2.75) is 103 Å². The minimum Gasteiger partial charge on any atom is -0.310 e. The Bertz CT molecular complexity index is 5370. The maximum absolute atomic E-state index is 2.45. The Morgan fingerprint density at radius 1 is 0.213 bits per heavy atom. The van der Waals surface area contributed by atoms with Crippen molar-refractivity contribution in [2.75, 3.05) is 14.7 Å². The Kier molecular flexibility index (Phi) is 20.9. The zero-order chi connectivity index (χ0) is 72.2. The predicted molar refractivity (Wildman–Crippen MR) is 464 cm³/mol. The van der Waals surface area contributed by atoms with Crippen LogP contribution < -0.4 is 14.7 Å². The molecule has 4 aliphatic carbocycles. The molecule has 13 aromatic rings. The Labute approximate surface area is 640 Å². The monoisotopic (exact) mass is 1400 g/mol. The fourth-order valence-electron chi connectivity index (χ4n) is 16.9. The molecule has 0 N–H and O–H groups in total. The van der Waals surface area contributed by atoms with Crippen molar-refractivity contribution in [1.29, 1.82) is 0 Å². The highest BCUT2D eigenvalue weighted by Gasteiger charge is 2.28. The molecule has 0 bridgehead atoms. The fourth-order valence-corrected chi connectivity index (χ4v) is 16.9. The third-order valence-electron chi connectivity index (χ3n) is 22.6. The van der Waals surface area contributed by atoms with Gasteiger partial charge in [0.2, 0.25) is 0 Å². The van der Waals surface area contributed by atoms with Crippen LogP contribution in [0.2, 0.25) is 0 Å². The van der Waals surface area contributed by atoms with Crippen LogP contribution in [0.1, 0.15) is 146 Å². The van der Waals surface area contributed by atoms with Gasteiger partial charge in [0.15, 0.2) is 0 Å². The predicted octanol–water partition coefficient (Wildman–Crippen LogP) is 30.4. The van der Waals surface area contributed by atoms with E-state index >= 15 is 0 Å². The lowest BCUT2D eigenvalue weighted by Gasteiger charge is -2.31. The minimum atomic E-state index is 0.827. The van der Waals surface area contributed by atoms with Crippen LogP contribution in [-0.4, -0.2) is 0 Å². The summed E-state index contributed by atoms with van der Waals surface area (Å²) in [5.74, 6) is 0.827. The molecule has 17 rings (SSSR count). The first-order valence-corrected chi connectivity index (χ1v) is 39.6. The first-order valence-electron chi connectivity index (χ1n) is 39.6. The van der Waals surface area contributed by atoms with Crippen LogP contribution in [0.15, 0.2) is 327 Å². The number of nitrogens with zero attached hydrogens (tertiary/aromatic N) is 3. The van der Waals surface area contributed by atoms with Crippen LogP contribution in [0, 0.1) is 5.92 Å². The summed E-state index contributed by atoms with van der Waals surface area (Å²) in [5.41, 5.74) is 33.2. The molecule has 0 amide bonds. The molecule has 3 saturated carbocycles. The summed E-state index contributed by atoms with van der Waals surface area (Å²) in [4.78, 5) is 7.24. The number of fused-ring (bicyclic) bond motifs is 8. The Balaban J connectivity index is 0.752. The highest BCUT2D eigenvalue weighted by Crippen LogP contribution is 2.53. The lowest BCUT2D eigenvalue weighted by Crippen LogP contribution is -2.12. The van der Waals surface area contributed by atoms with Gasteiger partial charge in [-0.2, -0.15) is 0 Å². The van der Waals surface area contributed by atoms with Gasteiger partial charge >= 0.3 is 0 Å². The lowest BCUT2D eigenvalue weighted by molar-refractivity contribution is 0.356. The van der Waals surface area contributed by atoms with Gasteiger partial charge in [-0.3, -0.25) is 0 Å².